The molecule has 0 radical (unpaired) electrons. The van der Waals surface area contributed by atoms with Gasteiger partial charge in [0.15, 0.2) is 0 Å². The minimum absolute atomic E-state index is 0.271. The molecule has 1 amide bonds. The molecule has 1 aliphatic rings. The number of rotatable bonds is 3. The Labute approximate surface area is 135 Å². The molecule has 4 nitrogen and oxygen atoms in total. The molecule has 1 heterocycles. The molecule has 0 saturated heterocycles. The second-order valence-corrected chi connectivity index (χ2v) is 5.00. The van der Waals surface area contributed by atoms with Crippen LogP contribution in [0.1, 0.15) is 11.6 Å². The molecule has 23 heavy (non-hydrogen) atoms. The van der Waals surface area contributed by atoms with Crippen LogP contribution in [0.3, 0.4) is 0 Å². The number of para-hydroxylation sites is 2. The monoisotopic (exact) mass is 307 g/mol. The quantitative estimate of drug-likeness (QED) is 0.847. The molecule has 1 aliphatic heterocycles. The lowest BCUT2D eigenvalue weighted by atomic mass is 10.0. The fraction of sp³-hybridized carbons (Fsp3) is 0.105. The van der Waals surface area contributed by atoms with E-state index < -0.39 is 6.09 Å². The van der Waals surface area contributed by atoms with Crippen LogP contribution in [0, 0.1) is 0 Å². The van der Waals surface area contributed by atoms with Gasteiger partial charge < -0.3 is 9.47 Å². The molecule has 1 unspecified atom stereocenters. The maximum atomic E-state index is 12.5. The number of hydrogen-bond donors (Lipinski definition) is 0. The van der Waals surface area contributed by atoms with Gasteiger partial charge in [0.2, 0.25) is 0 Å². The van der Waals surface area contributed by atoms with E-state index >= 15 is 0 Å². The van der Waals surface area contributed by atoms with Gasteiger partial charge in [-0.15, -0.1) is 0 Å². The van der Waals surface area contributed by atoms with Crippen LogP contribution in [0.5, 0.6) is 11.5 Å². The summed E-state index contributed by atoms with van der Waals surface area (Å²) in [7, 11) is 1.62. The molecule has 0 bridgehead atoms. The highest BCUT2D eigenvalue weighted by molar-refractivity contribution is 5.73. The third kappa shape index (κ3) is 3.26. The minimum Gasteiger partial charge on any atom is -0.496 e. The summed E-state index contributed by atoms with van der Waals surface area (Å²) in [6.45, 7) is 0. The Balaban J connectivity index is 1.86. The molecule has 4 heteroatoms. The summed E-state index contributed by atoms with van der Waals surface area (Å²) in [6.07, 6.45) is 6.92. The lowest BCUT2D eigenvalue weighted by Gasteiger charge is -2.28. The Morgan fingerprint density at radius 1 is 1.00 bits per heavy atom. The Morgan fingerprint density at radius 2 is 1.74 bits per heavy atom. The van der Waals surface area contributed by atoms with Crippen LogP contribution < -0.4 is 9.47 Å². The first-order valence-corrected chi connectivity index (χ1v) is 7.32. The van der Waals surface area contributed by atoms with Crippen molar-refractivity contribution in [3.8, 4) is 11.5 Å². The zero-order valence-corrected chi connectivity index (χ0v) is 12.8. The summed E-state index contributed by atoms with van der Waals surface area (Å²) in [5, 5.41) is 0. The maximum Gasteiger partial charge on any atom is 0.420 e. The normalized spacial score (nSPS) is 16.2. The Morgan fingerprint density at radius 3 is 2.52 bits per heavy atom. The molecule has 0 spiro atoms. The zero-order valence-electron chi connectivity index (χ0n) is 12.8. The van der Waals surface area contributed by atoms with E-state index in [0.29, 0.717) is 5.75 Å². The third-order valence-corrected chi connectivity index (χ3v) is 3.57. The molecule has 2 aromatic carbocycles. The standard InChI is InChI=1S/C19H17NO3/c1-22-18-13-6-5-11-16(18)17-12-7-8-14-20(17)19(21)23-15-9-3-2-4-10-15/h2-14,17H,1H3. The van der Waals surface area contributed by atoms with Crippen molar-refractivity contribution in [2.75, 3.05) is 7.11 Å². The van der Waals surface area contributed by atoms with Crippen molar-refractivity contribution in [1.29, 1.82) is 0 Å². The Hall–Kier alpha value is -3.01. The summed E-state index contributed by atoms with van der Waals surface area (Å²) < 4.78 is 10.8. The lowest BCUT2D eigenvalue weighted by molar-refractivity contribution is 0.161. The van der Waals surface area contributed by atoms with Gasteiger partial charge in [-0.05, 0) is 24.3 Å². The highest BCUT2D eigenvalue weighted by Crippen LogP contribution is 2.32. The van der Waals surface area contributed by atoms with Gasteiger partial charge in [-0.25, -0.2) is 4.79 Å². The Kier molecular flexibility index (Phi) is 4.43. The first-order valence-electron chi connectivity index (χ1n) is 7.32. The van der Waals surface area contributed by atoms with Gasteiger partial charge in [-0.3, -0.25) is 4.90 Å². The summed E-state index contributed by atoms with van der Waals surface area (Å²) in [5.41, 5.74) is 0.903. The average Bonchev–Trinajstić information content (AvgIpc) is 2.62. The summed E-state index contributed by atoms with van der Waals surface area (Å²) in [4.78, 5) is 14.1. The van der Waals surface area contributed by atoms with E-state index in [0.717, 1.165) is 11.3 Å². The van der Waals surface area contributed by atoms with Crippen molar-refractivity contribution in [2.24, 2.45) is 0 Å². The summed E-state index contributed by atoms with van der Waals surface area (Å²) >= 11 is 0. The molecule has 0 aliphatic carbocycles. The highest BCUT2D eigenvalue weighted by Gasteiger charge is 2.26. The van der Waals surface area contributed by atoms with E-state index in [9.17, 15) is 4.79 Å². The molecule has 2 aromatic rings. The SMILES string of the molecule is COc1ccccc1C1C=CC=CN1C(=O)Oc1ccccc1. The summed E-state index contributed by atoms with van der Waals surface area (Å²) in [6, 6.07) is 16.4. The van der Waals surface area contributed by atoms with Crippen molar-refractivity contribution in [3.63, 3.8) is 0 Å². The van der Waals surface area contributed by atoms with Crippen molar-refractivity contribution < 1.29 is 14.3 Å². The first-order chi connectivity index (χ1) is 11.3. The maximum absolute atomic E-state index is 12.5. The molecule has 0 saturated carbocycles. The van der Waals surface area contributed by atoms with Gasteiger partial charge >= 0.3 is 6.09 Å². The van der Waals surface area contributed by atoms with Gasteiger partial charge in [0.1, 0.15) is 11.5 Å². The highest BCUT2D eigenvalue weighted by atomic mass is 16.6. The number of carbonyl (C=O) groups is 1. The predicted molar refractivity (Wildman–Crippen MR) is 88.3 cm³/mol. The molecule has 1 atom stereocenters. The zero-order chi connectivity index (χ0) is 16.1. The number of benzene rings is 2. The Bertz CT molecular complexity index is 737. The van der Waals surface area contributed by atoms with Gasteiger partial charge in [-0.2, -0.15) is 0 Å². The van der Waals surface area contributed by atoms with Gasteiger partial charge in [0.25, 0.3) is 0 Å². The van der Waals surface area contributed by atoms with E-state index in [1.165, 1.54) is 0 Å². The van der Waals surface area contributed by atoms with Crippen molar-refractivity contribution in [2.45, 2.75) is 6.04 Å². The van der Waals surface area contributed by atoms with Crippen LogP contribution in [0.15, 0.2) is 79.0 Å². The number of hydrogen-bond acceptors (Lipinski definition) is 3. The second-order valence-electron chi connectivity index (χ2n) is 5.00. The molecule has 0 fully saturated rings. The number of carbonyl (C=O) groups excluding carboxylic acids is 1. The van der Waals surface area contributed by atoms with E-state index in [1.54, 1.807) is 36.4 Å². The third-order valence-electron chi connectivity index (χ3n) is 3.57. The van der Waals surface area contributed by atoms with E-state index in [1.807, 2.05) is 54.6 Å². The van der Waals surface area contributed by atoms with Crippen LogP contribution in [0.2, 0.25) is 0 Å². The van der Waals surface area contributed by atoms with E-state index in [4.69, 9.17) is 9.47 Å². The van der Waals surface area contributed by atoms with E-state index in [2.05, 4.69) is 0 Å². The van der Waals surface area contributed by atoms with Crippen molar-refractivity contribution >= 4 is 6.09 Å². The number of methoxy groups -OCH3 is 1. The average molecular weight is 307 g/mol. The number of amides is 1. The topological polar surface area (TPSA) is 38.8 Å². The minimum atomic E-state index is -0.437. The van der Waals surface area contributed by atoms with Crippen LogP contribution in [-0.4, -0.2) is 18.1 Å². The molecular weight excluding hydrogens is 290 g/mol. The van der Waals surface area contributed by atoms with Crippen molar-refractivity contribution in [3.05, 3.63) is 84.6 Å². The van der Waals surface area contributed by atoms with Gasteiger partial charge in [-0.1, -0.05) is 48.6 Å². The van der Waals surface area contributed by atoms with Crippen molar-refractivity contribution in [1.82, 2.24) is 4.90 Å². The molecule has 0 N–H and O–H groups in total. The number of nitrogens with zero attached hydrogens (tertiary/aromatic N) is 1. The van der Waals surface area contributed by atoms with Gasteiger partial charge in [0.05, 0.1) is 13.2 Å². The fourth-order valence-electron chi connectivity index (χ4n) is 2.48. The molecule has 3 rings (SSSR count). The molecule has 0 aromatic heterocycles. The van der Waals surface area contributed by atoms with Gasteiger partial charge in [0, 0.05) is 11.8 Å². The van der Waals surface area contributed by atoms with Crippen LogP contribution >= 0.6 is 0 Å². The smallest absolute Gasteiger partial charge is 0.420 e. The van der Waals surface area contributed by atoms with Crippen LogP contribution in [-0.2, 0) is 0 Å². The molecule has 116 valence electrons. The predicted octanol–water partition coefficient (Wildman–Crippen LogP) is 4.32. The molecular formula is C19H17NO3. The second kappa shape index (κ2) is 6.83. The number of allylic oxidation sites excluding steroid dienone is 2. The lowest BCUT2D eigenvalue weighted by Crippen LogP contribution is -2.33. The van der Waals surface area contributed by atoms with Crippen LogP contribution in [0.25, 0.3) is 0 Å². The fourth-order valence-corrected chi connectivity index (χ4v) is 2.48. The first kappa shape index (κ1) is 14.9. The van der Waals surface area contributed by atoms with E-state index in [-0.39, 0.29) is 6.04 Å². The van der Waals surface area contributed by atoms with Crippen LogP contribution in [0.4, 0.5) is 4.79 Å². The largest absolute Gasteiger partial charge is 0.496 e. The summed E-state index contributed by atoms with van der Waals surface area (Å²) in [5.74, 6) is 1.24. The number of ether oxygens (including phenoxy) is 2.